The number of nitro groups is 1. The van der Waals surface area contributed by atoms with E-state index in [2.05, 4.69) is 34.3 Å². The molecule has 0 bridgehead atoms. The number of non-ortho nitro benzene ring substituents is 1. The van der Waals surface area contributed by atoms with E-state index in [9.17, 15) is 10.1 Å². The van der Waals surface area contributed by atoms with Crippen LogP contribution in [0.2, 0.25) is 0 Å². The Kier molecular flexibility index (Phi) is 4.43. The number of nitro benzene ring substituents is 1. The Bertz CT molecular complexity index is 977. The molecule has 140 valence electrons. The van der Waals surface area contributed by atoms with Gasteiger partial charge in [0.1, 0.15) is 0 Å². The topological polar surface area (TPSA) is 113 Å². The van der Waals surface area contributed by atoms with E-state index in [0.29, 0.717) is 23.2 Å². The van der Waals surface area contributed by atoms with Crippen LogP contribution in [0.1, 0.15) is 43.5 Å². The summed E-state index contributed by atoms with van der Waals surface area (Å²) in [6.45, 7) is 5.13. The molecule has 1 unspecified atom stereocenters. The maximum atomic E-state index is 11.0. The van der Waals surface area contributed by atoms with Crippen LogP contribution in [0.5, 0.6) is 0 Å². The van der Waals surface area contributed by atoms with E-state index >= 15 is 0 Å². The number of aryl methyl sites for hydroxylation is 1. The van der Waals surface area contributed by atoms with Crippen molar-refractivity contribution in [2.75, 3.05) is 0 Å². The molecule has 2 heterocycles. The smallest absolute Gasteiger partial charge is 0.270 e. The highest BCUT2D eigenvalue weighted by atomic mass is 16.6. The van der Waals surface area contributed by atoms with Crippen LogP contribution >= 0.6 is 0 Å². The molecule has 0 fully saturated rings. The highest BCUT2D eigenvalue weighted by Gasteiger charge is 2.29. The Labute approximate surface area is 155 Å². The fraction of sp³-hybridized carbons (Fsp3) is 0.444. The number of rotatable bonds is 5. The van der Waals surface area contributed by atoms with Crippen molar-refractivity contribution in [2.45, 2.75) is 45.6 Å². The molecule has 1 aliphatic carbocycles. The predicted molar refractivity (Wildman–Crippen MR) is 96.0 cm³/mol. The predicted octanol–water partition coefficient (Wildman–Crippen LogP) is 3.16. The first-order valence-corrected chi connectivity index (χ1v) is 9.01. The first-order chi connectivity index (χ1) is 13.0. The summed E-state index contributed by atoms with van der Waals surface area (Å²) >= 11 is 0. The number of aromatic nitrogens is 5. The van der Waals surface area contributed by atoms with Crippen molar-refractivity contribution in [3.8, 4) is 11.4 Å². The lowest BCUT2D eigenvalue weighted by Crippen LogP contribution is -2.18. The third-order valence-electron chi connectivity index (χ3n) is 4.73. The first kappa shape index (κ1) is 17.3. The zero-order valence-electron chi connectivity index (χ0n) is 15.2. The normalized spacial score (nSPS) is 16.5. The van der Waals surface area contributed by atoms with Crippen LogP contribution in [0.15, 0.2) is 28.8 Å². The number of fused-ring (bicyclic) bond motifs is 1. The number of hydrogen-bond donors (Lipinski definition) is 0. The number of benzene rings is 1. The Morgan fingerprint density at radius 2 is 2.26 bits per heavy atom. The highest BCUT2D eigenvalue weighted by Crippen LogP contribution is 2.32. The minimum absolute atomic E-state index is 0.00446. The van der Waals surface area contributed by atoms with E-state index in [1.54, 1.807) is 12.1 Å². The van der Waals surface area contributed by atoms with Gasteiger partial charge in [0, 0.05) is 36.6 Å². The lowest BCUT2D eigenvalue weighted by atomic mass is 9.89. The van der Waals surface area contributed by atoms with Crippen molar-refractivity contribution in [1.82, 2.24) is 25.1 Å². The van der Waals surface area contributed by atoms with Crippen molar-refractivity contribution in [3.05, 3.63) is 51.7 Å². The van der Waals surface area contributed by atoms with Gasteiger partial charge in [0.2, 0.25) is 11.7 Å². The molecule has 1 atom stereocenters. The average molecular weight is 368 g/mol. The zero-order chi connectivity index (χ0) is 19.0. The summed E-state index contributed by atoms with van der Waals surface area (Å²) in [4.78, 5) is 15.0. The third kappa shape index (κ3) is 3.44. The van der Waals surface area contributed by atoms with Crippen molar-refractivity contribution in [2.24, 2.45) is 5.92 Å². The molecule has 4 rings (SSSR count). The summed E-state index contributed by atoms with van der Waals surface area (Å²) in [5.41, 5.74) is 2.76. The van der Waals surface area contributed by atoms with E-state index < -0.39 is 4.92 Å². The molecular weight excluding hydrogens is 348 g/mol. The van der Waals surface area contributed by atoms with Gasteiger partial charge in [-0.25, -0.2) is 4.68 Å². The molecule has 0 aliphatic heterocycles. The molecule has 0 N–H and O–H groups in total. The van der Waals surface area contributed by atoms with E-state index in [0.717, 1.165) is 37.2 Å². The van der Waals surface area contributed by atoms with Gasteiger partial charge in [-0.15, -0.1) is 5.10 Å². The summed E-state index contributed by atoms with van der Waals surface area (Å²) in [6, 6.07) is 6.25. The van der Waals surface area contributed by atoms with E-state index in [1.165, 1.54) is 12.1 Å². The molecule has 27 heavy (non-hydrogen) atoms. The molecule has 1 aliphatic rings. The SMILES string of the molecule is CC(C)Cn1nnc2c1CC(c1nc(-c3cccc([N+](=O)[O-])c3)no1)CC2. The maximum Gasteiger partial charge on any atom is 0.270 e. The van der Waals surface area contributed by atoms with Crippen LogP contribution in [0, 0.1) is 16.0 Å². The van der Waals surface area contributed by atoms with Gasteiger partial charge in [0.25, 0.3) is 5.69 Å². The van der Waals surface area contributed by atoms with Crippen LogP contribution < -0.4 is 0 Å². The molecule has 1 aromatic carbocycles. The Balaban J connectivity index is 1.57. The molecule has 9 heteroatoms. The number of hydrogen-bond acceptors (Lipinski definition) is 7. The molecule has 0 saturated heterocycles. The molecule has 2 aromatic heterocycles. The first-order valence-electron chi connectivity index (χ1n) is 9.01. The molecule has 0 spiro atoms. The highest BCUT2D eigenvalue weighted by molar-refractivity contribution is 5.58. The van der Waals surface area contributed by atoms with E-state index in [1.807, 2.05) is 4.68 Å². The quantitative estimate of drug-likeness (QED) is 0.502. The third-order valence-corrected chi connectivity index (χ3v) is 4.73. The van der Waals surface area contributed by atoms with Gasteiger partial charge in [0.15, 0.2) is 0 Å². The van der Waals surface area contributed by atoms with Crippen LogP contribution in [-0.4, -0.2) is 30.1 Å². The molecule has 0 saturated carbocycles. The second-order valence-electron chi connectivity index (χ2n) is 7.26. The Hall–Kier alpha value is -3.10. The van der Waals surface area contributed by atoms with Gasteiger partial charge < -0.3 is 4.52 Å². The van der Waals surface area contributed by atoms with Gasteiger partial charge in [-0.05, 0) is 18.8 Å². The second-order valence-corrected chi connectivity index (χ2v) is 7.26. The van der Waals surface area contributed by atoms with Crippen molar-refractivity contribution in [1.29, 1.82) is 0 Å². The molecule has 0 amide bonds. The largest absolute Gasteiger partial charge is 0.339 e. The molecular formula is C18H20N6O3. The van der Waals surface area contributed by atoms with Gasteiger partial charge in [-0.3, -0.25) is 10.1 Å². The lowest BCUT2D eigenvalue weighted by molar-refractivity contribution is -0.384. The Morgan fingerprint density at radius 1 is 1.41 bits per heavy atom. The fourth-order valence-electron chi connectivity index (χ4n) is 3.41. The van der Waals surface area contributed by atoms with Crippen LogP contribution in [0.3, 0.4) is 0 Å². The summed E-state index contributed by atoms with van der Waals surface area (Å²) in [6.07, 6.45) is 2.45. The van der Waals surface area contributed by atoms with Crippen molar-refractivity contribution in [3.63, 3.8) is 0 Å². The lowest BCUT2D eigenvalue weighted by Gasteiger charge is -2.19. The Morgan fingerprint density at radius 3 is 3.04 bits per heavy atom. The molecule has 3 aromatic rings. The van der Waals surface area contributed by atoms with Gasteiger partial charge in [0.05, 0.1) is 16.3 Å². The van der Waals surface area contributed by atoms with E-state index in [-0.39, 0.29) is 11.6 Å². The minimum Gasteiger partial charge on any atom is -0.339 e. The monoisotopic (exact) mass is 368 g/mol. The van der Waals surface area contributed by atoms with Gasteiger partial charge >= 0.3 is 0 Å². The average Bonchev–Trinajstić information content (AvgIpc) is 3.29. The standard InChI is InChI=1S/C18H20N6O3/c1-11(2)10-23-16-9-13(6-7-15(16)20-22-23)18-19-17(21-27-18)12-4-3-5-14(8-12)24(25)26/h3-5,8,11,13H,6-7,9-10H2,1-2H3. The zero-order valence-corrected chi connectivity index (χ0v) is 15.2. The maximum absolute atomic E-state index is 11.0. The van der Waals surface area contributed by atoms with Gasteiger partial charge in [-0.1, -0.05) is 36.4 Å². The minimum atomic E-state index is -0.434. The van der Waals surface area contributed by atoms with Crippen molar-refractivity contribution >= 4 is 5.69 Å². The van der Waals surface area contributed by atoms with Crippen molar-refractivity contribution < 1.29 is 9.45 Å². The van der Waals surface area contributed by atoms with E-state index in [4.69, 9.17) is 4.52 Å². The molecule has 0 radical (unpaired) electrons. The second kappa shape index (κ2) is 6.90. The van der Waals surface area contributed by atoms with Gasteiger partial charge in [-0.2, -0.15) is 4.98 Å². The summed E-state index contributed by atoms with van der Waals surface area (Å²) in [5, 5.41) is 23.6. The molecule has 9 nitrogen and oxygen atoms in total. The summed E-state index contributed by atoms with van der Waals surface area (Å²) in [7, 11) is 0. The van der Waals surface area contributed by atoms with Crippen LogP contribution in [0.4, 0.5) is 5.69 Å². The fourth-order valence-corrected chi connectivity index (χ4v) is 3.41. The summed E-state index contributed by atoms with van der Waals surface area (Å²) < 4.78 is 7.47. The number of nitrogens with zero attached hydrogens (tertiary/aromatic N) is 6. The van der Waals surface area contributed by atoms with Crippen LogP contribution in [-0.2, 0) is 19.4 Å². The van der Waals surface area contributed by atoms with Crippen LogP contribution in [0.25, 0.3) is 11.4 Å². The summed E-state index contributed by atoms with van der Waals surface area (Å²) in [5.74, 6) is 1.51.